The van der Waals surface area contributed by atoms with E-state index in [2.05, 4.69) is 18.7 Å². The Labute approximate surface area is 98.4 Å². The second kappa shape index (κ2) is 3.97. The van der Waals surface area contributed by atoms with Gasteiger partial charge in [0.25, 0.3) is 0 Å². The molecule has 1 aromatic heterocycles. The van der Waals surface area contributed by atoms with Gasteiger partial charge in [-0.2, -0.15) is 0 Å². The zero-order valence-corrected chi connectivity index (χ0v) is 10.4. The summed E-state index contributed by atoms with van der Waals surface area (Å²) < 4.78 is 5.78. The molecule has 1 aliphatic heterocycles. The van der Waals surface area contributed by atoms with Crippen LogP contribution in [0.5, 0.6) is 5.75 Å². The fraction of sp³-hybridized carbons (Fsp3) is 0.545. The first kappa shape index (κ1) is 11.3. The average molecular weight is 241 g/mol. The van der Waals surface area contributed by atoms with Crippen LogP contribution in [0.25, 0.3) is 0 Å². The quantitative estimate of drug-likeness (QED) is 0.863. The lowest BCUT2D eigenvalue weighted by atomic mass is 10.1. The molecule has 0 saturated heterocycles. The molecule has 0 aromatic carbocycles. The number of carboxylic acid groups (broad SMARTS) is 1. The third kappa shape index (κ3) is 1.75. The van der Waals surface area contributed by atoms with Crippen LogP contribution < -0.4 is 9.64 Å². The van der Waals surface area contributed by atoms with E-state index in [-0.39, 0.29) is 6.10 Å². The van der Waals surface area contributed by atoms with Gasteiger partial charge in [0.15, 0.2) is 10.6 Å². The maximum absolute atomic E-state index is 11.0. The fourth-order valence-corrected chi connectivity index (χ4v) is 2.64. The molecule has 1 aliphatic rings. The molecule has 0 bridgehead atoms. The Morgan fingerprint density at radius 1 is 1.69 bits per heavy atom. The van der Waals surface area contributed by atoms with Crippen molar-refractivity contribution in [2.75, 3.05) is 18.5 Å². The summed E-state index contributed by atoms with van der Waals surface area (Å²) in [5.41, 5.74) is 0.888. The van der Waals surface area contributed by atoms with E-state index in [0.717, 1.165) is 12.2 Å². The van der Waals surface area contributed by atoms with Gasteiger partial charge in [0.05, 0.1) is 12.2 Å². The summed E-state index contributed by atoms with van der Waals surface area (Å²) in [6, 6.07) is 0. The second-order valence-corrected chi connectivity index (χ2v) is 5.24. The highest BCUT2D eigenvalue weighted by molar-refractivity contribution is 7.13. The molecule has 0 amide bonds. The molecule has 88 valence electrons. The van der Waals surface area contributed by atoms with Crippen LogP contribution in [0, 0.1) is 5.92 Å². The van der Waals surface area contributed by atoms with Gasteiger partial charge in [-0.05, 0) is 5.92 Å². The predicted octanol–water partition coefficient (Wildman–Crippen LogP) is 2.30. The highest BCUT2D eigenvalue weighted by Crippen LogP contribution is 2.41. The molecule has 1 N–H and O–H groups in total. The van der Waals surface area contributed by atoms with Crippen molar-refractivity contribution in [3.63, 3.8) is 0 Å². The van der Waals surface area contributed by atoms with E-state index in [1.165, 1.54) is 11.3 Å². The van der Waals surface area contributed by atoms with E-state index in [9.17, 15) is 4.79 Å². The molecule has 0 radical (unpaired) electrons. The van der Waals surface area contributed by atoms with Crippen LogP contribution in [0.4, 0.5) is 5.69 Å². The van der Waals surface area contributed by atoms with Crippen molar-refractivity contribution in [1.29, 1.82) is 0 Å². The van der Waals surface area contributed by atoms with E-state index in [1.54, 1.807) is 0 Å². The van der Waals surface area contributed by atoms with Crippen LogP contribution in [0.15, 0.2) is 5.38 Å². The largest absolute Gasteiger partial charge is 0.484 e. The molecule has 1 unspecified atom stereocenters. The van der Waals surface area contributed by atoms with Crippen molar-refractivity contribution < 1.29 is 14.6 Å². The minimum Gasteiger partial charge on any atom is -0.484 e. The van der Waals surface area contributed by atoms with Crippen LogP contribution in [-0.4, -0.2) is 30.8 Å². The number of ether oxygens (including phenoxy) is 1. The fourth-order valence-electron chi connectivity index (χ4n) is 1.77. The normalized spacial score (nSPS) is 19.5. The van der Waals surface area contributed by atoms with Gasteiger partial charge in [-0.25, -0.2) is 4.79 Å². The molecular weight excluding hydrogens is 226 g/mol. The van der Waals surface area contributed by atoms with Crippen molar-refractivity contribution in [1.82, 2.24) is 0 Å². The molecular formula is C11H15NO3S. The molecule has 1 aromatic rings. The number of likely N-dealkylation sites (N-methyl/N-ethyl adjacent to an activating group) is 1. The van der Waals surface area contributed by atoms with E-state index < -0.39 is 5.97 Å². The SMILES string of the molecule is CC(C)C1CN(C)c2csc(C(=O)O)c2O1. The van der Waals surface area contributed by atoms with Gasteiger partial charge >= 0.3 is 5.97 Å². The minimum atomic E-state index is -0.913. The first-order valence-electron chi connectivity index (χ1n) is 5.23. The Bertz CT molecular complexity index is 413. The van der Waals surface area contributed by atoms with Crippen molar-refractivity contribution >= 4 is 23.0 Å². The number of fused-ring (bicyclic) bond motifs is 1. The molecule has 1 atom stereocenters. The smallest absolute Gasteiger partial charge is 0.349 e. The van der Waals surface area contributed by atoms with Gasteiger partial charge in [-0.3, -0.25) is 0 Å². The van der Waals surface area contributed by atoms with Crippen LogP contribution in [0.2, 0.25) is 0 Å². The van der Waals surface area contributed by atoms with Gasteiger partial charge in [-0.15, -0.1) is 11.3 Å². The third-order valence-electron chi connectivity index (χ3n) is 2.80. The number of hydrogen-bond acceptors (Lipinski definition) is 4. The maximum Gasteiger partial charge on any atom is 0.349 e. The molecule has 16 heavy (non-hydrogen) atoms. The standard InChI is InChI=1S/C11H15NO3S/c1-6(2)8-4-12(3)7-5-16-10(11(13)14)9(7)15-8/h5-6,8H,4H2,1-3H3,(H,13,14). The lowest BCUT2D eigenvalue weighted by molar-refractivity contribution is 0.0690. The highest BCUT2D eigenvalue weighted by Gasteiger charge is 2.31. The predicted molar refractivity (Wildman–Crippen MR) is 63.8 cm³/mol. The summed E-state index contributed by atoms with van der Waals surface area (Å²) in [5.74, 6) is -0.00819. The van der Waals surface area contributed by atoms with Gasteiger partial charge in [0.1, 0.15) is 6.10 Å². The van der Waals surface area contributed by atoms with Gasteiger partial charge in [-0.1, -0.05) is 13.8 Å². The van der Waals surface area contributed by atoms with Crippen LogP contribution in [-0.2, 0) is 0 Å². The lowest BCUT2D eigenvalue weighted by Gasteiger charge is -2.34. The number of anilines is 1. The lowest BCUT2D eigenvalue weighted by Crippen LogP contribution is -2.40. The molecule has 2 rings (SSSR count). The van der Waals surface area contributed by atoms with Crippen LogP contribution in [0.1, 0.15) is 23.5 Å². The maximum atomic E-state index is 11.0. The van der Waals surface area contributed by atoms with Crippen molar-refractivity contribution in [3.8, 4) is 5.75 Å². The second-order valence-electron chi connectivity index (χ2n) is 4.37. The van der Waals surface area contributed by atoms with Gasteiger partial charge in [0, 0.05) is 12.4 Å². The molecule has 5 heteroatoms. The van der Waals surface area contributed by atoms with E-state index in [0.29, 0.717) is 16.5 Å². The zero-order chi connectivity index (χ0) is 11.9. The third-order valence-corrected chi connectivity index (χ3v) is 3.74. The number of hydrogen-bond donors (Lipinski definition) is 1. The Hall–Kier alpha value is -1.23. The summed E-state index contributed by atoms with van der Waals surface area (Å²) in [4.78, 5) is 13.4. The number of rotatable bonds is 2. The average Bonchev–Trinajstić information content (AvgIpc) is 2.61. The number of carbonyl (C=O) groups is 1. The summed E-state index contributed by atoms with van der Waals surface area (Å²) >= 11 is 1.22. The number of carboxylic acids is 1. The van der Waals surface area contributed by atoms with Crippen LogP contribution in [0.3, 0.4) is 0 Å². The zero-order valence-electron chi connectivity index (χ0n) is 9.56. The molecule has 0 aliphatic carbocycles. The number of aromatic carboxylic acids is 1. The number of thiophene rings is 1. The van der Waals surface area contributed by atoms with E-state index in [4.69, 9.17) is 9.84 Å². The first-order valence-corrected chi connectivity index (χ1v) is 6.11. The molecule has 0 saturated carbocycles. The van der Waals surface area contributed by atoms with Crippen molar-refractivity contribution in [2.45, 2.75) is 20.0 Å². The molecule has 4 nitrogen and oxygen atoms in total. The monoisotopic (exact) mass is 241 g/mol. The van der Waals surface area contributed by atoms with Crippen molar-refractivity contribution in [3.05, 3.63) is 10.3 Å². The highest BCUT2D eigenvalue weighted by atomic mass is 32.1. The molecule has 2 heterocycles. The van der Waals surface area contributed by atoms with E-state index >= 15 is 0 Å². The van der Waals surface area contributed by atoms with Crippen molar-refractivity contribution in [2.24, 2.45) is 5.92 Å². The Morgan fingerprint density at radius 2 is 2.38 bits per heavy atom. The number of nitrogens with zero attached hydrogens (tertiary/aromatic N) is 1. The summed E-state index contributed by atoms with van der Waals surface area (Å²) in [6.45, 7) is 4.97. The summed E-state index contributed by atoms with van der Waals surface area (Å²) in [7, 11) is 1.97. The van der Waals surface area contributed by atoms with Crippen LogP contribution >= 0.6 is 11.3 Å². The Kier molecular flexibility index (Phi) is 2.80. The first-order chi connectivity index (χ1) is 7.50. The Balaban J connectivity index is 2.38. The summed E-state index contributed by atoms with van der Waals surface area (Å²) in [6.07, 6.45) is 0.0604. The minimum absolute atomic E-state index is 0.0604. The molecule has 0 fully saturated rings. The topological polar surface area (TPSA) is 49.8 Å². The Morgan fingerprint density at radius 3 is 2.94 bits per heavy atom. The summed E-state index contributed by atoms with van der Waals surface area (Å²) in [5, 5.41) is 10.9. The van der Waals surface area contributed by atoms with E-state index in [1.807, 2.05) is 12.4 Å². The molecule has 0 spiro atoms. The van der Waals surface area contributed by atoms with Gasteiger partial charge in [0.2, 0.25) is 0 Å². The van der Waals surface area contributed by atoms with Gasteiger partial charge < -0.3 is 14.7 Å².